The molecule has 102 valence electrons. The molecular weight excluding hydrogens is 252 g/mol. The first-order valence-corrected chi connectivity index (χ1v) is 6.96. The number of halogens is 1. The van der Waals surface area contributed by atoms with Gasteiger partial charge in [0, 0.05) is 13.5 Å². The molecule has 1 aliphatic carbocycles. The van der Waals surface area contributed by atoms with E-state index in [1.165, 1.54) is 0 Å². The Morgan fingerprint density at radius 2 is 2.06 bits per heavy atom. The normalized spacial score (nSPS) is 20.3. The molecule has 5 heteroatoms. The second-order valence-corrected chi connectivity index (χ2v) is 5.59. The van der Waals surface area contributed by atoms with Gasteiger partial charge in [0.05, 0.1) is 28.1 Å². The highest BCUT2D eigenvalue weighted by Crippen LogP contribution is 2.34. The van der Waals surface area contributed by atoms with E-state index in [1.54, 1.807) is 4.68 Å². The lowest BCUT2D eigenvalue weighted by Gasteiger charge is -2.28. The Kier molecular flexibility index (Phi) is 3.99. The number of aliphatic hydroxyl groups is 2. The van der Waals surface area contributed by atoms with Gasteiger partial charge in [0.2, 0.25) is 0 Å². The molecule has 2 N–H and O–H groups in total. The van der Waals surface area contributed by atoms with E-state index < -0.39 is 11.7 Å². The number of aliphatic hydroxyl groups excluding tert-OH is 1. The van der Waals surface area contributed by atoms with Gasteiger partial charge in [-0.1, -0.05) is 31.4 Å². The maximum absolute atomic E-state index is 10.3. The highest BCUT2D eigenvalue weighted by Gasteiger charge is 2.39. The fraction of sp³-hybridized carbons (Fsp3) is 0.769. The predicted molar refractivity (Wildman–Crippen MR) is 70.7 cm³/mol. The first-order chi connectivity index (χ1) is 8.48. The van der Waals surface area contributed by atoms with Gasteiger partial charge >= 0.3 is 0 Å². The zero-order valence-corrected chi connectivity index (χ0v) is 11.7. The minimum Gasteiger partial charge on any atom is -0.390 e. The minimum atomic E-state index is -0.944. The molecule has 0 saturated heterocycles. The molecule has 1 heterocycles. The number of nitrogens with zero attached hydrogens (tertiary/aromatic N) is 2. The van der Waals surface area contributed by atoms with E-state index in [-0.39, 0.29) is 0 Å². The summed E-state index contributed by atoms with van der Waals surface area (Å²) in [6.07, 6.45) is 3.66. The van der Waals surface area contributed by atoms with E-state index in [9.17, 15) is 10.2 Å². The van der Waals surface area contributed by atoms with Crippen molar-refractivity contribution in [3.05, 3.63) is 16.4 Å². The van der Waals surface area contributed by atoms with E-state index in [1.807, 2.05) is 14.0 Å². The van der Waals surface area contributed by atoms with Crippen LogP contribution in [-0.4, -0.2) is 31.7 Å². The minimum absolute atomic E-state index is 0.360. The van der Waals surface area contributed by atoms with Gasteiger partial charge in [0.25, 0.3) is 0 Å². The van der Waals surface area contributed by atoms with E-state index in [4.69, 9.17) is 11.6 Å². The molecule has 1 fully saturated rings. The van der Waals surface area contributed by atoms with Crippen molar-refractivity contribution in [1.82, 2.24) is 9.78 Å². The van der Waals surface area contributed by atoms with E-state index in [2.05, 4.69) is 5.10 Å². The molecule has 1 saturated carbocycles. The lowest BCUT2D eigenvalue weighted by atomic mass is 9.91. The third kappa shape index (κ3) is 2.42. The topological polar surface area (TPSA) is 58.3 Å². The number of rotatable bonds is 4. The summed E-state index contributed by atoms with van der Waals surface area (Å²) >= 11 is 6.25. The van der Waals surface area contributed by atoms with Crippen molar-refractivity contribution < 1.29 is 10.2 Å². The predicted octanol–water partition coefficient (Wildman–Crippen LogP) is 1.84. The third-order valence-electron chi connectivity index (χ3n) is 3.98. The van der Waals surface area contributed by atoms with Gasteiger partial charge in [-0.2, -0.15) is 5.10 Å². The first-order valence-electron chi connectivity index (χ1n) is 6.58. The summed E-state index contributed by atoms with van der Waals surface area (Å²) in [5.74, 6) is 0. The van der Waals surface area contributed by atoms with Crippen molar-refractivity contribution in [2.45, 2.75) is 57.2 Å². The van der Waals surface area contributed by atoms with Crippen LogP contribution in [0.3, 0.4) is 0 Å². The number of aryl methyl sites for hydroxylation is 2. The summed E-state index contributed by atoms with van der Waals surface area (Å²) in [4.78, 5) is 0. The van der Waals surface area contributed by atoms with Crippen molar-refractivity contribution in [3.63, 3.8) is 0 Å². The standard InChI is InChI=1S/C13H21ClN2O2/c1-3-9-12(14)10(16(2)15-9)8-11(17)13(18)6-4-5-7-13/h11,17-18H,3-8H2,1-2H3. The molecule has 0 radical (unpaired) electrons. The van der Waals surface area contributed by atoms with Gasteiger partial charge in [-0.05, 0) is 19.3 Å². The lowest BCUT2D eigenvalue weighted by molar-refractivity contribution is -0.0695. The SMILES string of the molecule is CCc1nn(C)c(CC(O)C2(O)CCCC2)c1Cl. The Labute approximate surface area is 113 Å². The molecule has 0 spiro atoms. The molecule has 18 heavy (non-hydrogen) atoms. The Morgan fingerprint density at radius 3 is 2.56 bits per heavy atom. The first kappa shape index (κ1) is 13.8. The van der Waals surface area contributed by atoms with Crippen LogP contribution in [0.4, 0.5) is 0 Å². The van der Waals surface area contributed by atoms with Crippen LogP contribution in [0.2, 0.25) is 5.02 Å². The van der Waals surface area contributed by atoms with Gasteiger partial charge in [0.1, 0.15) is 0 Å². The zero-order chi connectivity index (χ0) is 13.3. The van der Waals surface area contributed by atoms with Crippen LogP contribution in [-0.2, 0) is 19.9 Å². The van der Waals surface area contributed by atoms with Gasteiger partial charge < -0.3 is 10.2 Å². The van der Waals surface area contributed by atoms with Crippen LogP contribution in [0.25, 0.3) is 0 Å². The Hall–Kier alpha value is -0.580. The maximum atomic E-state index is 10.3. The van der Waals surface area contributed by atoms with E-state index in [0.717, 1.165) is 30.7 Å². The molecular formula is C13H21ClN2O2. The second-order valence-electron chi connectivity index (χ2n) is 5.22. The molecule has 0 aliphatic heterocycles. The fourth-order valence-corrected chi connectivity index (χ4v) is 3.11. The van der Waals surface area contributed by atoms with Crippen molar-refractivity contribution in [3.8, 4) is 0 Å². The van der Waals surface area contributed by atoms with Gasteiger partial charge in [-0.15, -0.1) is 0 Å². The smallest absolute Gasteiger partial charge is 0.0909 e. The van der Waals surface area contributed by atoms with E-state index >= 15 is 0 Å². The van der Waals surface area contributed by atoms with Crippen LogP contribution in [0.5, 0.6) is 0 Å². The van der Waals surface area contributed by atoms with Crippen molar-refractivity contribution >= 4 is 11.6 Å². The summed E-state index contributed by atoms with van der Waals surface area (Å²) in [5, 5.41) is 25.5. The van der Waals surface area contributed by atoms with Crippen molar-refractivity contribution in [1.29, 1.82) is 0 Å². The highest BCUT2D eigenvalue weighted by molar-refractivity contribution is 6.31. The molecule has 1 aromatic rings. The molecule has 0 bridgehead atoms. The number of aromatic nitrogens is 2. The average Bonchev–Trinajstić information content (AvgIpc) is 2.89. The molecule has 0 aromatic carbocycles. The lowest BCUT2D eigenvalue weighted by Crippen LogP contribution is -2.41. The molecule has 4 nitrogen and oxygen atoms in total. The van der Waals surface area contributed by atoms with Crippen molar-refractivity contribution in [2.24, 2.45) is 7.05 Å². The van der Waals surface area contributed by atoms with Crippen LogP contribution in [0, 0.1) is 0 Å². The molecule has 1 aromatic heterocycles. The number of hydrogen-bond donors (Lipinski definition) is 2. The van der Waals surface area contributed by atoms with Gasteiger partial charge in [-0.3, -0.25) is 4.68 Å². The van der Waals surface area contributed by atoms with Crippen LogP contribution in [0.15, 0.2) is 0 Å². The Balaban J connectivity index is 2.16. The summed E-state index contributed by atoms with van der Waals surface area (Å²) in [5.41, 5.74) is 0.709. The fourth-order valence-electron chi connectivity index (χ4n) is 2.74. The summed E-state index contributed by atoms with van der Waals surface area (Å²) in [6, 6.07) is 0. The summed E-state index contributed by atoms with van der Waals surface area (Å²) in [6.45, 7) is 2.00. The largest absolute Gasteiger partial charge is 0.390 e. The third-order valence-corrected chi connectivity index (χ3v) is 4.42. The second kappa shape index (κ2) is 5.19. The maximum Gasteiger partial charge on any atom is 0.0909 e. The summed E-state index contributed by atoms with van der Waals surface area (Å²) < 4.78 is 1.71. The molecule has 1 atom stereocenters. The Bertz CT molecular complexity index is 425. The van der Waals surface area contributed by atoms with Gasteiger partial charge in [-0.25, -0.2) is 0 Å². The van der Waals surface area contributed by atoms with Crippen LogP contribution in [0.1, 0.15) is 44.0 Å². The monoisotopic (exact) mass is 272 g/mol. The number of hydrogen-bond acceptors (Lipinski definition) is 3. The highest BCUT2D eigenvalue weighted by atomic mass is 35.5. The van der Waals surface area contributed by atoms with Crippen LogP contribution < -0.4 is 0 Å². The molecule has 0 amide bonds. The average molecular weight is 273 g/mol. The van der Waals surface area contributed by atoms with Gasteiger partial charge in [0.15, 0.2) is 0 Å². The molecule has 1 unspecified atom stereocenters. The molecule has 2 rings (SSSR count). The molecule has 1 aliphatic rings. The van der Waals surface area contributed by atoms with Crippen LogP contribution >= 0.6 is 11.6 Å². The van der Waals surface area contributed by atoms with E-state index in [0.29, 0.717) is 24.3 Å². The quantitative estimate of drug-likeness (QED) is 0.879. The Morgan fingerprint density at radius 1 is 1.44 bits per heavy atom. The zero-order valence-electron chi connectivity index (χ0n) is 11.0. The van der Waals surface area contributed by atoms with Crippen molar-refractivity contribution in [2.75, 3.05) is 0 Å². The summed E-state index contributed by atoms with van der Waals surface area (Å²) in [7, 11) is 1.83.